The Morgan fingerprint density at radius 2 is 1.48 bits per heavy atom. The van der Waals surface area contributed by atoms with Crippen molar-refractivity contribution in [1.29, 1.82) is 0 Å². The SMILES string of the molecule is COc1cc(Br)c(CC2NC(=O)Cc3cc(OC)c(OC)cc32)cc1OC. The van der Waals surface area contributed by atoms with Gasteiger partial charge in [-0.15, -0.1) is 0 Å². The molecule has 0 aromatic heterocycles. The van der Waals surface area contributed by atoms with Gasteiger partial charge >= 0.3 is 0 Å². The lowest BCUT2D eigenvalue weighted by Gasteiger charge is -2.28. The molecular formula is C20H22BrNO5. The summed E-state index contributed by atoms with van der Waals surface area (Å²) in [4.78, 5) is 12.2. The number of ether oxygens (including phenoxy) is 4. The Morgan fingerprint density at radius 1 is 0.926 bits per heavy atom. The monoisotopic (exact) mass is 435 g/mol. The highest BCUT2D eigenvalue weighted by Gasteiger charge is 2.27. The van der Waals surface area contributed by atoms with Crippen LogP contribution in [0.4, 0.5) is 0 Å². The third kappa shape index (κ3) is 3.83. The molecule has 3 rings (SSSR count). The first-order valence-corrected chi connectivity index (χ1v) is 9.24. The van der Waals surface area contributed by atoms with E-state index < -0.39 is 0 Å². The van der Waals surface area contributed by atoms with E-state index >= 15 is 0 Å². The topological polar surface area (TPSA) is 66.0 Å². The molecule has 0 radical (unpaired) electrons. The molecule has 1 amide bonds. The number of hydrogen-bond donors (Lipinski definition) is 1. The van der Waals surface area contributed by atoms with Crippen LogP contribution in [0.15, 0.2) is 28.7 Å². The lowest BCUT2D eigenvalue weighted by atomic mass is 9.89. The predicted octanol–water partition coefficient (Wildman–Crippen LogP) is 3.44. The van der Waals surface area contributed by atoms with Crippen LogP contribution in [0.2, 0.25) is 0 Å². The first kappa shape index (κ1) is 19.4. The van der Waals surface area contributed by atoms with Crippen LogP contribution in [0.3, 0.4) is 0 Å². The quantitative estimate of drug-likeness (QED) is 0.752. The summed E-state index contributed by atoms with van der Waals surface area (Å²) in [5, 5.41) is 3.07. The molecule has 1 aliphatic rings. The molecule has 2 aromatic rings. The lowest BCUT2D eigenvalue weighted by molar-refractivity contribution is -0.121. The van der Waals surface area contributed by atoms with Gasteiger partial charge in [-0.1, -0.05) is 15.9 Å². The summed E-state index contributed by atoms with van der Waals surface area (Å²) in [6, 6.07) is 7.42. The fourth-order valence-electron chi connectivity index (χ4n) is 3.34. The Kier molecular flexibility index (Phi) is 5.79. The molecule has 1 atom stereocenters. The third-order valence-electron chi connectivity index (χ3n) is 4.68. The number of hydrogen-bond acceptors (Lipinski definition) is 5. The van der Waals surface area contributed by atoms with Crippen LogP contribution in [-0.4, -0.2) is 34.3 Å². The van der Waals surface area contributed by atoms with Crippen LogP contribution in [0.1, 0.15) is 22.7 Å². The van der Waals surface area contributed by atoms with Gasteiger partial charge in [-0.3, -0.25) is 4.79 Å². The minimum atomic E-state index is -0.185. The van der Waals surface area contributed by atoms with Gasteiger partial charge in [0.1, 0.15) is 0 Å². The van der Waals surface area contributed by atoms with Crippen LogP contribution in [0.5, 0.6) is 23.0 Å². The van der Waals surface area contributed by atoms with Gasteiger partial charge in [0.25, 0.3) is 0 Å². The zero-order valence-corrected chi connectivity index (χ0v) is 17.3. The van der Waals surface area contributed by atoms with E-state index in [0.717, 1.165) is 21.2 Å². The van der Waals surface area contributed by atoms with E-state index in [1.807, 2.05) is 24.3 Å². The number of nitrogens with one attached hydrogen (secondary N) is 1. The molecule has 2 aromatic carbocycles. The highest BCUT2D eigenvalue weighted by Crippen LogP contribution is 2.39. The van der Waals surface area contributed by atoms with Crippen molar-refractivity contribution < 1.29 is 23.7 Å². The number of fused-ring (bicyclic) bond motifs is 1. The molecule has 7 heteroatoms. The number of methoxy groups -OCH3 is 4. The molecule has 0 bridgehead atoms. The molecule has 27 heavy (non-hydrogen) atoms. The second-order valence-electron chi connectivity index (χ2n) is 6.21. The van der Waals surface area contributed by atoms with Gasteiger partial charge in [-0.25, -0.2) is 0 Å². The zero-order chi connectivity index (χ0) is 19.6. The smallest absolute Gasteiger partial charge is 0.224 e. The van der Waals surface area contributed by atoms with Crippen molar-refractivity contribution in [1.82, 2.24) is 5.32 Å². The van der Waals surface area contributed by atoms with Crippen molar-refractivity contribution in [2.24, 2.45) is 0 Å². The van der Waals surface area contributed by atoms with Crippen LogP contribution < -0.4 is 24.3 Å². The summed E-state index contributed by atoms with van der Waals surface area (Å²) in [5.74, 6) is 2.54. The number of benzene rings is 2. The van der Waals surface area contributed by atoms with E-state index in [1.54, 1.807) is 28.4 Å². The van der Waals surface area contributed by atoms with Gasteiger partial charge in [0.2, 0.25) is 5.91 Å². The van der Waals surface area contributed by atoms with Crippen molar-refractivity contribution in [2.75, 3.05) is 28.4 Å². The summed E-state index contributed by atoms with van der Waals surface area (Å²) in [6.07, 6.45) is 0.911. The van der Waals surface area contributed by atoms with Crippen molar-refractivity contribution >= 4 is 21.8 Å². The van der Waals surface area contributed by atoms with E-state index in [2.05, 4.69) is 21.2 Å². The second-order valence-corrected chi connectivity index (χ2v) is 7.06. The van der Waals surface area contributed by atoms with Crippen LogP contribution in [0, 0.1) is 0 Å². The summed E-state index contributed by atoms with van der Waals surface area (Å²) in [7, 11) is 6.39. The molecule has 1 heterocycles. The van der Waals surface area contributed by atoms with E-state index in [0.29, 0.717) is 35.8 Å². The highest BCUT2D eigenvalue weighted by atomic mass is 79.9. The van der Waals surface area contributed by atoms with Gasteiger partial charge in [-0.2, -0.15) is 0 Å². The van der Waals surface area contributed by atoms with E-state index in [9.17, 15) is 4.79 Å². The number of rotatable bonds is 6. The minimum absolute atomic E-state index is 0.0173. The van der Waals surface area contributed by atoms with Crippen molar-refractivity contribution in [2.45, 2.75) is 18.9 Å². The normalized spacial score (nSPS) is 15.6. The summed E-state index contributed by atoms with van der Waals surface area (Å²) < 4.78 is 22.4. The van der Waals surface area contributed by atoms with Crippen LogP contribution in [-0.2, 0) is 17.6 Å². The van der Waals surface area contributed by atoms with Gasteiger partial charge in [0.15, 0.2) is 23.0 Å². The van der Waals surface area contributed by atoms with Gasteiger partial charge in [0.05, 0.1) is 40.9 Å². The second kappa shape index (κ2) is 8.08. The first-order chi connectivity index (χ1) is 13.0. The van der Waals surface area contributed by atoms with Crippen molar-refractivity contribution in [3.63, 3.8) is 0 Å². The molecule has 1 unspecified atom stereocenters. The Bertz CT molecular complexity index is 868. The van der Waals surface area contributed by atoms with Gasteiger partial charge < -0.3 is 24.3 Å². The van der Waals surface area contributed by atoms with E-state index in [-0.39, 0.29) is 11.9 Å². The summed E-state index contributed by atoms with van der Waals surface area (Å²) in [5.41, 5.74) is 2.97. The van der Waals surface area contributed by atoms with E-state index in [1.165, 1.54) is 0 Å². The van der Waals surface area contributed by atoms with Crippen molar-refractivity contribution in [3.8, 4) is 23.0 Å². The largest absolute Gasteiger partial charge is 0.493 e. The maximum absolute atomic E-state index is 12.2. The van der Waals surface area contributed by atoms with Crippen molar-refractivity contribution in [3.05, 3.63) is 45.4 Å². The fourth-order valence-corrected chi connectivity index (χ4v) is 3.83. The Labute approximate surface area is 166 Å². The average Bonchev–Trinajstić information content (AvgIpc) is 2.67. The molecular weight excluding hydrogens is 414 g/mol. The van der Waals surface area contributed by atoms with Crippen LogP contribution in [0.25, 0.3) is 0 Å². The number of halogens is 1. The summed E-state index contributed by atoms with van der Waals surface area (Å²) >= 11 is 3.59. The molecule has 6 nitrogen and oxygen atoms in total. The Balaban J connectivity index is 2.01. The Hall–Kier alpha value is -2.41. The minimum Gasteiger partial charge on any atom is -0.493 e. The molecule has 0 aliphatic carbocycles. The van der Waals surface area contributed by atoms with E-state index in [4.69, 9.17) is 18.9 Å². The first-order valence-electron chi connectivity index (χ1n) is 8.45. The molecule has 0 saturated heterocycles. The molecule has 0 fully saturated rings. The number of amides is 1. The van der Waals surface area contributed by atoms with Crippen LogP contribution >= 0.6 is 15.9 Å². The average molecular weight is 436 g/mol. The third-order valence-corrected chi connectivity index (χ3v) is 5.42. The molecule has 1 aliphatic heterocycles. The predicted molar refractivity (Wildman–Crippen MR) is 105 cm³/mol. The molecule has 1 N–H and O–H groups in total. The maximum atomic E-state index is 12.2. The lowest BCUT2D eigenvalue weighted by Crippen LogP contribution is -2.36. The number of carbonyl (C=O) groups excluding carboxylic acids is 1. The highest BCUT2D eigenvalue weighted by molar-refractivity contribution is 9.10. The maximum Gasteiger partial charge on any atom is 0.224 e. The van der Waals surface area contributed by atoms with Gasteiger partial charge in [0, 0.05) is 4.47 Å². The molecule has 0 spiro atoms. The summed E-state index contributed by atoms with van der Waals surface area (Å²) in [6.45, 7) is 0. The van der Waals surface area contributed by atoms with Gasteiger partial charge in [-0.05, 0) is 47.4 Å². The zero-order valence-electron chi connectivity index (χ0n) is 15.7. The Morgan fingerprint density at radius 3 is 2.11 bits per heavy atom. The number of carbonyl (C=O) groups is 1. The molecule has 144 valence electrons. The molecule has 0 saturated carbocycles. The standard InChI is InChI=1S/C20H22BrNO5/c1-24-16-6-11-8-20(23)22-15(13(11)9-18(16)26-3)5-12-7-17(25-2)19(27-4)10-14(12)21/h6-7,9-10,15H,5,8H2,1-4H3,(H,22,23). The fraction of sp³-hybridized carbons (Fsp3) is 0.350.